The molecule has 0 unspecified atom stereocenters. The quantitative estimate of drug-likeness (QED) is 0.0762. The van der Waals surface area contributed by atoms with Crippen LogP contribution >= 0.6 is 0 Å². The molecule has 0 saturated heterocycles. The van der Waals surface area contributed by atoms with Gasteiger partial charge in [-0.1, -0.05) is 61.7 Å². The molecule has 0 aromatic heterocycles. The van der Waals surface area contributed by atoms with Crippen LogP contribution in [0.3, 0.4) is 0 Å². The van der Waals surface area contributed by atoms with E-state index in [0.717, 1.165) is 67.5 Å². The van der Waals surface area contributed by atoms with Crippen molar-refractivity contribution in [2.45, 2.75) is 68.2 Å². The van der Waals surface area contributed by atoms with Crippen molar-refractivity contribution in [3.63, 3.8) is 0 Å². The number of hydrogen-bond donors (Lipinski definition) is 0. The highest BCUT2D eigenvalue weighted by Crippen LogP contribution is 2.41. The summed E-state index contributed by atoms with van der Waals surface area (Å²) in [5.74, 6) is -0.728. The summed E-state index contributed by atoms with van der Waals surface area (Å²) in [6.45, 7) is 24.2. The molecule has 306 valence electrons. The van der Waals surface area contributed by atoms with Crippen LogP contribution in [0.5, 0.6) is 0 Å². The van der Waals surface area contributed by atoms with Gasteiger partial charge in [-0.3, -0.25) is 0 Å². The summed E-state index contributed by atoms with van der Waals surface area (Å²) in [6.07, 6.45) is 1.25. The first-order valence-corrected chi connectivity index (χ1v) is 20.5. The molecule has 0 atom stereocenters. The van der Waals surface area contributed by atoms with Crippen molar-refractivity contribution in [1.82, 2.24) is 0 Å². The van der Waals surface area contributed by atoms with Crippen LogP contribution in [0.25, 0.3) is 11.1 Å². The van der Waals surface area contributed by atoms with E-state index in [1.54, 1.807) is 13.8 Å². The van der Waals surface area contributed by atoms with Gasteiger partial charge in [0.05, 0.1) is 13.2 Å². The highest BCUT2D eigenvalue weighted by molar-refractivity contribution is 5.87. The van der Waals surface area contributed by atoms with Gasteiger partial charge < -0.3 is 19.3 Å². The molecule has 0 bridgehead atoms. The van der Waals surface area contributed by atoms with Crippen LogP contribution in [0.1, 0.15) is 58.4 Å². The van der Waals surface area contributed by atoms with E-state index in [0.29, 0.717) is 37.2 Å². The predicted octanol–water partition coefficient (Wildman–Crippen LogP) is 13.5. The van der Waals surface area contributed by atoms with E-state index in [9.17, 15) is 9.59 Å². The molecule has 0 aliphatic heterocycles. The molecule has 0 saturated carbocycles. The largest absolute Gasteiger partial charge is 0.462 e. The molecule has 6 aromatic rings. The molecular weight excluding hydrogens is 741 g/mol. The van der Waals surface area contributed by atoms with E-state index in [4.69, 9.17) is 9.47 Å². The number of hydrogen-bond acceptors (Lipinski definition) is 6. The number of carbonyl (C=O) groups excluding carboxylic acids is 2. The molecule has 0 aliphatic rings. The third-order valence-electron chi connectivity index (χ3n) is 11.0. The lowest BCUT2D eigenvalue weighted by molar-refractivity contribution is -0.139. The Bertz CT molecular complexity index is 2370. The molecule has 6 nitrogen and oxygen atoms in total. The molecule has 0 aliphatic carbocycles. The van der Waals surface area contributed by atoms with Crippen molar-refractivity contribution in [2.24, 2.45) is 0 Å². The highest BCUT2D eigenvalue weighted by Gasteiger charge is 2.19. The minimum Gasteiger partial charge on any atom is -0.462 e. The standard InChI is InChI=1S/C54H56N2O4/c1-35(2)53(57)59-29-27-43-13-21-47(22-14-43)55(49-19-11-37(5)39(7)33-49)51-25-17-45(31-41(51)9)46-18-26-52(42(10)32-46)56(50-20-12-38(6)40(8)34-50)48-23-15-44(16-24-48)28-30-60-54(58)36(3)4/h11-26,31-34H,1,3,27-30H2,2,4-10H3. The van der Waals surface area contributed by atoms with Crippen molar-refractivity contribution >= 4 is 46.1 Å². The Morgan fingerprint density at radius 2 is 0.783 bits per heavy atom. The zero-order chi connectivity index (χ0) is 43.1. The Balaban J connectivity index is 1.30. The summed E-state index contributed by atoms with van der Waals surface area (Å²) in [5, 5.41) is 0. The normalized spacial score (nSPS) is 10.9. The zero-order valence-corrected chi connectivity index (χ0v) is 36.3. The number of nitrogens with zero attached hydrogens (tertiary/aromatic N) is 2. The lowest BCUT2D eigenvalue weighted by Gasteiger charge is -2.29. The Morgan fingerprint density at radius 3 is 1.10 bits per heavy atom. The van der Waals surface area contributed by atoms with Gasteiger partial charge >= 0.3 is 11.9 Å². The summed E-state index contributed by atoms with van der Waals surface area (Å²) >= 11 is 0. The number of ether oxygens (including phenoxy) is 2. The van der Waals surface area contributed by atoms with Crippen LogP contribution in [0.2, 0.25) is 0 Å². The first-order chi connectivity index (χ1) is 28.7. The van der Waals surface area contributed by atoms with Crippen molar-refractivity contribution in [2.75, 3.05) is 23.0 Å². The minimum absolute atomic E-state index is 0.307. The Morgan fingerprint density at radius 1 is 0.433 bits per heavy atom. The third kappa shape index (κ3) is 10.1. The van der Waals surface area contributed by atoms with Gasteiger partial charge in [-0.25, -0.2) is 9.59 Å². The van der Waals surface area contributed by atoms with E-state index >= 15 is 0 Å². The third-order valence-corrected chi connectivity index (χ3v) is 11.0. The predicted molar refractivity (Wildman–Crippen MR) is 249 cm³/mol. The van der Waals surface area contributed by atoms with Gasteiger partial charge in [-0.05, 0) is 184 Å². The highest BCUT2D eigenvalue weighted by atomic mass is 16.5. The van der Waals surface area contributed by atoms with Gasteiger partial charge in [0.15, 0.2) is 0 Å². The first-order valence-electron chi connectivity index (χ1n) is 20.5. The van der Waals surface area contributed by atoms with Crippen molar-refractivity contribution < 1.29 is 19.1 Å². The van der Waals surface area contributed by atoms with Crippen molar-refractivity contribution in [3.8, 4) is 11.1 Å². The van der Waals surface area contributed by atoms with Crippen LogP contribution < -0.4 is 9.80 Å². The lowest BCUT2D eigenvalue weighted by atomic mass is 9.98. The first kappa shape index (κ1) is 42.9. The fraction of sp³-hybridized carbons (Fsp3) is 0.222. The molecule has 6 heteroatoms. The monoisotopic (exact) mass is 796 g/mol. The van der Waals surface area contributed by atoms with Crippen molar-refractivity contribution in [3.05, 3.63) is 190 Å². The minimum atomic E-state index is -0.364. The van der Waals surface area contributed by atoms with Gasteiger partial charge in [0.1, 0.15) is 0 Å². The lowest BCUT2D eigenvalue weighted by Crippen LogP contribution is -2.12. The summed E-state index contributed by atoms with van der Waals surface area (Å²) in [7, 11) is 0. The molecule has 6 rings (SSSR count). The van der Waals surface area contributed by atoms with E-state index in [1.807, 2.05) is 0 Å². The maximum absolute atomic E-state index is 11.9. The average Bonchev–Trinajstić information content (AvgIpc) is 3.22. The molecule has 0 heterocycles. The van der Waals surface area contributed by atoms with Crippen LogP contribution in [0.4, 0.5) is 34.1 Å². The zero-order valence-electron chi connectivity index (χ0n) is 36.3. The molecule has 0 spiro atoms. The van der Waals surface area contributed by atoms with E-state index < -0.39 is 0 Å². The van der Waals surface area contributed by atoms with Crippen LogP contribution in [-0.4, -0.2) is 25.2 Å². The van der Waals surface area contributed by atoms with Gasteiger partial charge in [-0.2, -0.15) is 0 Å². The van der Waals surface area contributed by atoms with E-state index in [2.05, 4.69) is 186 Å². The molecule has 0 fully saturated rings. The van der Waals surface area contributed by atoms with Gasteiger partial charge in [-0.15, -0.1) is 0 Å². The number of aryl methyl sites for hydroxylation is 6. The van der Waals surface area contributed by atoms with Gasteiger partial charge in [0.25, 0.3) is 0 Å². The second-order valence-corrected chi connectivity index (χ2v) is 15.9. The second-order valence-electron chi connectivity index (χ2n) is 15.9. The van der Waals surface area contributed by atoms with E-state index in [-0.39, 0.29) is 11.9 Å². The maximum Gasteiger partial charge on any atom is 0.333 e. The summed E-state index contributed by atoms with van der Waals surface area (Å²) < 4.78 is 10.7. The molecular formula is C54H56N2O4. The van der Waals surface area contributed by atoms with Crippen LogP contribution in [0, 0.1) is 41.5 Å². The Labute approximate surface area is 356 Å². The van der Waals surface area contributed by atoms with Crippen LogP contribution in [0.15, 0.2) is 146 Å². The summed E-state index contributed by atoms with van der Waals surface area (Å²) in [6, 6.07) is 43.6. The van der Waals surface area contributed by atoms with Crippen LogP contribution in [-0.2, 0) is 31.9 Å². The van der Waals surface area contributed by atoms with E-state index in [1.165, 1.54) is 22.3 Å². The summed E-state index contributed by atoms with van der Waals surface area (Å²) in [5.41, 5.74) is 19.0. The fourth-order valence-corrected chi connectivity index (χ4v) is 7.15. The van der Waals surface area contributed by atoms with Gasteiger partial charge in [0.2, 0.25) is 0 Å². The molecule has 60 heavy (non-hydrogen) atoms. The topological polar surface area (TPSA) is 59.1 Å². The van der Waals surface area contributed by atoms with Gasteiger partial charge in [0, 0.05) is 58.1 Å². The molecule has 0 radical (unpaired) electrons. The number of anilines is 6. The Kier molecular flexibility index (Phi) is 13.6. The number of carbonyl (C=O) groups is 2. The molecule has 0 amide bonds. The fourth-order valence-electron chi connectivity index (χ4n) is 7.15. The smallest absolute Gasteiger partial charge is 0.333 e. The number of rotatable bonds is 15. The van der Waals surface area contributed by atoms with Crippen molar-refractivity contribution in [1.29, 1.82) is 0 Å². The SMILES string of the molecule is C=C(C)C(=O)OCCc1ccc(N(c2ccc(C)c(C)c2)c2ccc(-c3ccc(N(c4ccc(CCOC(=O)C(=C)C)cc4)c4ccc(C)c(C)c4)c(C)c3)cc2C)cc1. The second kappa shape index (κ2) is 18.9. The summed E-state index contributed by atoms with van der Waals surface area (Å²) in [4.78, 5) is 28.4. The maximum atomic E-state index is 11.9. The molecule has 6 aromatic carbocycles. The average molecular weight is 797 g/mol. The number of esters is 2. The molecule has 0 N–H and O–H groups in total. The Hall–Kier alpha value is -6.66. The number of benzene rings is 6.